The summed E-state index contributed by atoms with van der Waals surface area (Å²) in [6, 6.07) is 14.8. The molecular weight excluding hydrogens is 730 g/mol. The molecule has 0 radical (unpaired) electrons. The third-order valence-corrected chi connectivity index (χ3v) is 10.2. The summed E-state index contributed by atoms with van der Waals surface area (Å²) in [5.74, 6) is 0.983. The summed E-state index contributed by atoms with van der Waals surface area (Å²) in [5, 5.41) is 9.50. The molecule has 2 aliphatic rings. The van der Waals surface area contributed by atoms with Gasteiger partial charge in [0, 0.05) is 27.1 Å². The molecule has 1 aliphatic carbocycles. The lowest BCUT2D eigenvalue weighted by Crippen LogP contribution is -2.32. The van der Waals surface area contributed by atoms with Gasteiger partial charge in [-0.15, -0.1) is 5.10 Å². The van der Waals surface area contributed by atoms with Gasteiger partial charge in [-0.1, -0.05) is 65.7 Å². The molecule has 3 aromatic carbocycles. The molecular formula is C34H32BrCl2FN4O4S. The summed E-state index contributed by atoms with van der Waals surface area (Å²) in [6.45, 7) is 2.00. The normalized spacial score (nSPS) is 16.4. The average molecular weight is 763 g/mol. The number of anilines is 1. The van der Waals surface area contributed by atoms with Gasteiger partial charge in [0.25, 0.3) is 0 Å². The Kier molecular flexibility index (Phi) is 10.7. The molecule has 6 rings (SSSR count). The number of carbonyl (C=O) groups excluding carboxylic acids is 1. The third kappa shape index (κ3) is 7.58. The van der Waals surface area contributed by atoms with Gasteiger partial charge in [-0.3, -0.25) is 0 Å². The highest BCUT2D eigenvalue weighted by atomic mass is 79.9. The molecule has 1 atom stereocenters. The molecule has 246 valence electrons. The number of hydrogen-bond acceptors (Lipinski definition) is 8. The molecule has 1 N–H and O–H groups in total. The summed E-state index contributed by atoms with van der Waals surface area (Å²) in [4.78, 5) is 18.6. The van der Waals surface area contributed by atoms with E-state index in [1.54, 1.807) is 48.2 Å². The second-order valence-corrected chi connectivity index (χ2v) is 14.0. The number of methoxy groups -OCH3 is 1. The Bertz CT molecular complexity index is 1830. The number of benzene rings is 3. The van der Waals surface area contributed by atoms with E-state index in [1.165, 1.54) is 17.8 Å². The molecule has 0 spiro atoms. The Morgan fingerprint density at radius 1 is 1.11 bits per heavy atom. The van der Waals surface area contributed by atoms with Crippen molar-refractivity contribution < 1.29 is 23.4 Å². The minimum atomic E-state index is -0.706. The van der Waals surface area contributed by atoms with E-state index in [1.807, 2.05) is 19.1 Å². The molecule has 4 aromatic rings. The van der Waals surface area contributed by atoms with Crippen LogP contribution in [0.2, 0.25) is 10.0 Å². The fourth-order valence-electron chi connectivity index (χ4n) is 5.75. The van der Waals surface area contributed by atoms with Gasteiger partial charge in [0.15, 0.2) is 11.5 Å². The number of aromatic nitrogens is 3. The molecule has 8 nitrogen and oxygen atoms in total. The SMILES string of the molecule is COc1cc(C2C(C(=O)OC3CCCCC3)=C(C)Nc3nc(SCc4ccccc4F)nn32)cc(Br)c1OCc1ccc(Cl)cc1Cl. The Labute approximate surface area is 295 Å². The second kappa shape index (κ2) is 14.9. The van der Waals surface area contributed by atoms with Crippen molar-refractivity contribution in [1.29, 1.82) is 0 Å². The summed E-state index contributed by atoms with van der Waals surface area (Å²) in [5.41, 5.74) is 3.01. The van der Waals surface area contributed by atoms with Gasteiger partial charge in [-0.05, 0) is 90.0 Å². The van der Waals surface area contributed by atoms with Crippen LogP contribution in [0, 0.1) is 5.82 Å². The minimum absolute atomic E-state index is 0.141. The van der Waals surface area contributed by atoms with Gasteiger partial charge < -0.3 is 19.5 Å². The summed E-state index contributed by atoms with van der Waals surface area (Å²) >= 11 is 17.4. The van der Waals surface area contributed by atoms with Crippen LogP contribution in [0.15, 0.2) is 75.5 Å². The molecule has 0 amide bonds. The van der Waals surface area contributed by atoms with Crippen LogP contribution >= 0.6 is 50.9 Å². The van der Waals surface area contributed by atoms with Crippen molar-refractivity contribution in [2.24, 2.45) is 0 Å². The molecule has 0 bridgehead atoms. The van der Waals surface area contributed by atoms with Crippen molar-refractivity contribution in [3.63, 3.8) is 0 Å². The fraction of sp³-hybridized carbons (Fsp3) is 0.324. The summed E-state index contributed by atoms with van der Waals surface area (Å²) < 4.78 is 34.7. The molecule has 0 saturated heterocycles. The highest BCUT2D eigenvalue weighted by Crippen LogP contribution is 2.44. The maximum atomic E-state index is 14.3. The second-order valence-electron chi connectivity index (χ2n) is 11.3. The zero-order valence-corrected chi connectivity index (χ0v) is 29.6. The highest BCUT2D eigenvalue weighted by molar-refractivity contribution is 9.10. The Balaban J connectivity index is 1.35. The van der Waals surface area contributed by atoms with Gasteiger partial charge >= 0.3 is 5.97 Å². The molecule has 47 heavy (non-hydrogen) atoms. The van der Waals surface area contributed by atoms with E-state index in [-0.39, 0.29) is 18.5 Å². The number of ether oxygens (including phenoxy) is 3. The molecule has 1 fully saturated rings. The van der Waals surface area contributed by atoms with Gasteiger partial charge in [-0.25, -0.2) is 13.9 Å². The smallest absolute Gasteiger partial charge is 0.338 e. The van der Waals surface area contributed by atoms with Crippen LogP contribution in [0.25, 0.3) is 0 Å². The van der Waals surface area contributed by atoms with Crippen molar-refractivity contribution in [2.75, 3.05) is 12.4 Å². The van der Waals surface area contributed by atoms with E-state index >= 15 is 0 Å². The lowest BCUT2D eigenvalue weighted by molar-refractivity contribution is -0.146. The summed E-state index contributed by atoms with van der Waals surface area (Å²) in [6.07, 6.45) is 4.73. The Morgan fingerprint density at radius 2 is 1.89 bits per heavy atom. The van der Waals surface area contributed by atoms with Crippen LogP contribution in [-0.2, 0) is 21.9 Å². The number of rotatable bonds is 10. The van der Waals surface area contributed by atoms with Crippen molar-refractivity contribution in [2.45, 2.75) is 68.7 Å². The van der Waals surface area contributed by atoms with E-state index in [9.17, 15) is 9.18 Å². The van der Waals surface area contributed by atoms with E-state index in [2.05, 4.69) is 21.2 Å². The first-order valence-corrected chi connectivity index (χ1v) is 17.7. The van der Waals surface area contributed by atoms with Crippen molar-refractivity contribution in [3.05, 3.63) is 103 Å². The lowest BCUT2D eigenvalue weighted by atomic mass is 9.94. The van der Waals surface area contributed by atoms with Crippen molar-refractivity contribution >= 4 is 62.8 Å². The van der Waals surface area contributed by atoms with E-state index in [4.69, 9.17) is 47.5 Å². The first-order chi connectivity index (χ1) is 22.7. The van der Waals surface area contributed by atoms with Crippen LogP contribution in [0.5, 0.6) is 11.5 Å². The monoisotopic (exact) mass is 760 g/mol. The van der Waals surface area contributed by atoms with Crippen molar-refractivity contribution in [3.8, 4) is 11.5 Å². The zero-order chi connectivity index (χ0) is 33.1. The van der Waals surface area contributed by atoms with Crippen molar-refractivity contribution in [1.82, 2.24) is 14.8 Å². The lowest BCUT2D eigenvalue weighted by Gasteiger charge is -2.30. The van der Waals surface area contributed by atoms with Crippen LogP contribution in [0.3, 0.4) is 0 Å². The number of fused-ring (bicyclic) bond motifs is 1. The number of esters is 1. The molecule has 13 heteroatoms. The van der Waals surface area contributed by atoms with E-state index in [0.717, 1.165) is 37.7 Å². The number of hydrogen-bond donors (Lipinski definition) is 1. The number of thioether (sulfide) groups is 1. The van der Waals surface area contributed by atoms with Crippen LogP contribution in [0.4, 0.5) is 10.3 Å². The van der Waals surface area contributed by atoms with Crippen LogP contribution < -0.4 is 14.8 Å². The van der Waals surface area contributed by atoms with Gasteiger partial charge in [0.1, 0.15) is 24.6 Å². The molecule has 1 saturated carbocycles. The fourth-order valence-corrected chi connectivity index (χ4v) is 7.60. The van der Waals surface area contributed by atoms with Gasteiger partial charge in [0.05, 0.1) is 17.2 Å². The Hall–Kier alpha value is -3.25. The van der Waals surface area contributed by atoms with Crippen LogP contribution in [-0.4, -0.2) is 33.9 Å². The maximum Gasteiger partial charge on any atom is 0.338 e. The number of allylic oxidation sites excluding steroid dienone is 1. The minimum Gasteiger partial charge on any atom is -0.493 e. The quantitative estimate of drug-likeness (QED) is 0.126. The molecule has 1 unspecified atom stereocenters. The average Bonchev–Trinajstić information content (AvgIpc) is 3.46. The van der Waals surface area contributed by atoms with Gasteiger partial charge in [0.2, 0.25) is 11.1 Å². The highest BCUT2D eigenvalue weighted by Gasteiger charge is 2.37. The number of nitrogens with one attached hydrogen (secondary N) is 1. The largest absolute Gasteiger partial charge is 0.493 e. The first kappa shape index (κ1) is 33.6. The number of nitrogens with zero attached hydrogens (tertiary/aromatic N) is 3. The summed E-state index contributed by atoms with van der Waals surface area (Å²) in [7, 11) is 1.55. The predicted molar refractivity (Wildman–Crippen MR) is 185 cm³/mol. The maximum absolute atomic E-state index is 14.3. The van der Waals surface area contributed by atoms with E-state index in [0.29, 0.717) is 65.3 Å². The number of halogens is 4. The molecule has 2 heterocycles. The standard InChI is InChI=1S/C34H32BrCl2FN4O4S/c1-19-29(32(43)46-24-9-4-3-5-10-24)30(42-33(39-19)40-34(41-42)47-18-21-8-6-7-11-27(21)38)22-14-25(35)31(28(15-22)44-2)45-17-20-12-13-23(36)16-26(20)37/h6-8,11-16,24,30H,3-5,9-10,17-18H2,1-2H3,(H,39,40,41). The topological polar surface area (TPSA) is 87.5 Å². The third-order valence-electron chi connectivity index (χ3n) is 8.15. The molecule has 1 aromatic heterocycles. The van der Waals surface area contributed by atoms with Crippen LogP contribution in [0.1, 0.15) is 61.8 Å². The zero-order valence-electron chi connectivity index (χ0n) is 25.7. The molecule has 1 aliphatic heterocycles. The Morgan fingerprint density at radius 3 is 2.64 bits per heavy atom. The van der Waals surface area contributed by atoms with Gasteiger partial charge in [-0.2, -0.15) is 4.98 Å². The predicted octanol–water partition coefficient (Wildman–Crippen LogP) is 9.53. The first-order valence-electron chi connectivity index (χ1n) is 15.2. The van der Waals surface area contributed by atoms with E-state index < -0.39 is 12.0 Å². The number of carbonyl (C=O) groups is 1.